The van der Waals surface area contributed by atoms with Crippen LogP contribution in [0, 0.1) is 0 Å². The normalized spacial score (nSPS) is 11.3. The van der Waals surface area contributed by atoms with Crippen molar-refractivity contribution in [3.05, 3.63) is 46.6 Å². The number of rotatable bonds is 6. The number of anilines is 2. The monoisotopic (exact) mass is 346 g/mol. The highest BCUT2D eigenvalue weighted by Gasteiger charge is 2.33. The smallest absolute Gasteiger partial charge is 0.395 e. The summed E-state index contributed by atoms with van der Waals surface area (Å²) in [6.45, 7) is 0.0146. The zero-order valence-corrected chi connectivity index (χ0v) is 12.6. The molecule has 0 spiro atoms. The van der Waals surface area contributed by atoms with E-state index in [9.17, 15) is 13.2 Å². The van der Waals surface area contributed by atoms with E-state index >= 15 is 0 Å². The van der Waals surface area contributed by atoms with Gasteiger partial charge in [0, 0.05) is 24.2 Å². The zero-order chi connectivity index (χ0) is 16.9. The minimum Gasteiger partial charge on any atom is -0.395 e. The molecule has 23 heavy (non-hydrogen) atoms. The quantitative estimate of drug-likeness (QED) is 0.749. The molecule has 2 aromatic rings. The minimum absolute atomic E-state index is 0.00712. The molecule has 1 aromatic carbocycles. The van der Waals surface area contributed by atoms with Crippen LogP contribution >= 0.6 is 11.6 Å². The molecule has 1 heterocycles. The average molecular weight is 347 g/mol. The van der Waals surface area contributed by atoms with Crippen LogP contribution in [-0.2, 0) is 12.7 Å². The number of hydrogen-bond acceptors (Lipinski definition) is 5. The Hall–Kier alpha value is -2.06. The maximum absolute atomic E-state index is 12.9. The van der Waals surface area contributed by atoms with Gasteiger partial charge in [-0.1, -0.05) is 29.8 Å². The van der Waals surface area contributed by atoms with Gasteiger partial charge in [-0.05, 0) is 11.6 Å². The van der Waals surface area contributed by atoms with Crippen molar-refractivity contribution in [2.45, 2.75) is 12.7 Å². The second-order valence-corrected chi connectivity index (χ2v) is 4.96. The van der Waals surface area contributed by atoms with E-state index in [2.05, 4.69) is 20.6 Å². The van der Waals surface area contributed by atoms with Gasteiger partial charge in [0.05, 0.1) is 6.61 Å². The van der Waals surface area contributed by atoms with Gasteiger partial charge in [-0.2, -0.15) is 18.2 Å². The maximum atomic E-state index is 12.9. The number of benzene rings is 1. The number of alkyl halides is 3. The first-order chi connectivity index (χ1) is 10.9. The predicted octanol–water partition coefficient (Wildman–Crippen LogP) is 3.17. The molecular formula is C14H14ClF3N4O. The fraction of sp³-hybridized carbons (Fsp3) is 0.286. The summed E-state index contributed by atoms with van der Waals surface area (Å²) in [5.41, 5.74) is -0.346. The molecule has 1 aromatic heterocycles. The fourth-order valence-electron chi connectivity index (χ4n) is 1.76. The van der Waals surface area contributed by atoms with E-state index < -0.39 is 11.9 Å². The van der Waals surface area contributed by atoms with E-state index in [1.54, 1.807) is 24.3 Å². The third kappa shape index (κ3) is 4.97. The first-order valence-corrected chi connectivity index (χ1v) is 7.06. The van der Waals surface area contributed by atoms with Crippen LogP contribution in [-0.4, -0.2) is 28.2 Å². The summed E-state index contributed by atoms with van der Waals surface area (Å²) in [4.78, 5) is 7.33. The highest BCUT2D eigenvalue weighted by Crippen LogP contribution is 2.29. The van der Waals surface area contributed by atoms with Gasteiger partial charge in [-0.3, -0.25) is 0 Å². The number of nitrogens with zero attached hydrogens (tertiary/aromatic N) is 2. The van der Waals surface area contributed by atoms with Gasteiger partial charge < -0.3 is 15.7 Å². The summed E-state index contributed by atoms with van der Waals surface area (Å²) in [5.74, 6) is -0.205. The Morgan fingerprint density at radius 3 is 2.52 bits per heavy atom. The van der Waals surface area contributed by atoms with E-state index in [0.717, 1.165) is 11.6 Å². The van der Waals surface area contributed by atoms with Gasteiger partial charge in [0.25, 0.3) is 0 Å². The molecule has 0 aliphatic heterocycles. The molecule has 0 unspecified atom stereocenters. The highest BCUT2D eigenvalue weighted by atomic mass is 35.5. The molecule has 124 valence electrons. The number of hydrogen-bond donors (Lipinski definition) is 3. The summed E-state index contributed by atoms with van der Waals surface area (Å²) in [7, 11) is 0. The van der Waals surface area contributed by atoms with Crippen molar-refractivity contribution in [3.8, 4) is 0 Å². The van der Waals surface area contributed by atoms with E-state index in [-0.39, 0.29) is 31.5 Å². The highest BCUT2D eigenvalue weighted by molar-refractivity contribution is 6.31. The number of nitrogens with one attached hydrogen (secondary N) is 2. The van der Waals surface area contributed by atoms with Crippen LogP contribution < -0.4 is 10.6 Å². The Balaban J connectivity index is 2.21. The lowest BCUT2D eigenvalue weighted by atomic mass is 10.2. The van der Waals surface area contributed by atoms with Crippen LogP contribution in [0.15, 0.2) is 30.3 Å². The average Bonchev–Trinajstić information content (AvgIpc) is 2.51. The lowest BCUT2D eigenvalue weighted by Gasteiger charge is -2.13. The van der Waals surface area contributed by atoms with Crippen molar-refractivity contribution in [3.63, 3.8) is 0 Å². The predicted molar refractivity (Wildman–Crippen MR) is 81.4 cm³/mol. The molecule has 0 amide bonds. The lowest BCUT2D eigenvalue weighted by Crippen LogP contribution is -2.15. The molecule has 0 aliphatic rings. The molecule has 0 aliphatic carbocycles. The first kappa shape index (κ1) is 17.3. The van der Waals surface area contributed by atoms with Crippen LogP contribution in [0.3, 0.4) is 0 Å². The second-order valence-electron chi connectivity index (χ2n) is 4.56. The molecule has 0 saturated carbocycles. The SMILES string of the molecule is OCCNc1nc(NCc2ccccc2Cl)cc(C(F)(F)F)n1. The molecule has 0 fully saturated rings. The van der Waals surface area contributed by atoms with E-state index in [4.69, 9.17) is 16.7 Å². The number of aliphatic hydroxyl groups is 1. The molecule has 3 N–H and O–H groups in total. The molecule has 9 heteroatoms. The first-order valence-electron chi connectivity index (χ1n) is 6.68. The lowest BCUT2D eigenvalue weighted by molar-refractivity contribution is -0.141. The van der Waals surface area contributed by atoms with Gasteiger partial charge in [-0.25, -0.2) is 4.98 Å². The van der Waals surface area contributed by atoms with E-state index in [1.165, 1.54) is 0 Å². The molecule has 2 rings (SSSR count). The Kier molecular flexibility index (Phi) is 5.62. The van der Waals surface area contributed by atoms with Gasteiger partial charge in [0.1, 0.15) is 5.82 Å². The zero-order valence-electron chi connectivity index (χ0n) is 11.9. The van der Waals surface area contributed by atoms with Gasteiger partial charge in [0.2, 0.25) is 5.95 Å². The Morgan fingerprint density at radius 1 is 1.13 bits per heavy atom. The molecule has 0 atom stereocenters. The van der Waals surface area contributed by atoms with Crippen molar-refractivity contribution in [2.24, 2.45) is 0 Å². The molecule has 0 saturated heterocycles. The van der Waals surface area contributed by atoms with Crippen molar-refractivity contribution in [1.82, 2.24) is 9.97 Å². The molecular weight excluding hydrogens is 333 g/mol. The topological polar surface area (TPSA) is 70.1 Å². The second kappa shape index (κ2) is 7.47. The van der Waals surface area contributed by atoms with E-state index in [1.807, 2.05) is 0 Å². The van der Waals surface area contributed by atoms with Crippen LogP contribution in [0.25, 0.3) is 0 Å². The van der Waals surface area contributed by atoms with Crippen LogP contribution in [0.2, 0.25) is 5.02 Å². The maximum Gasteiger partial charge on any atom is 0.433 e. The summed E-state index contributed by atoms with van der Waals surface area (Å²) in [6.07, 6.45) is -4.60. The Labute approximate surface area is 135 Å². The van der Waals surface area contributed by atoms with Gasteiger partial charge in [-0.15, -0.1) is 0 Å². The number of aliphatic hydroxyl groups excluding tert-OH is 1. The van der Waals surface area contributed by atoms with Crippen molar-refractivity contribution >= 4 is 23.4 Å². The number of aromatic nitrogens is 2. The van der Waals surface area contributed by atoms with Gasteiger partial charge >= 0.3 is 6.18 Å². The minimum atomic E-state index is -4.60. The van der Waals surface area contributed by atoms with E-state index in [0.29, 0.717) is 5.02 Å². The van der Waals surface area contributed by atoms with Gasteiger partial charge in [0.15, 0.2) is 5.69 Å². The standard InChI is InChI=1S/C14H14ClF3N4O/c15-10-4-2-1-3-9(10)8-20-12-7-11(14(16,17)18)21-13(22-12)19-5-6-23/h1-4,7,23H,5-6,8H2,(H2,19,20,21,22). The summed E-state index contributed by atoms with van der Waals surface area (Å²) < 4.78 is 38.6. The van der Waals surface area contributed by atoms with Crippen LogP contribution in [0.4, 0.5) is 24.9 Å². The summed E-state index contributed by atoms with van der Waals surface area (Å²) in [6, 6.07) is 7.80. The molecule has 0 radical (unpaired) electrons. The third-order valence-electron chi connectivity index (χ3n) is 2.83. The molecule has 5 nitrogen and oxygen atoms in total. The van der Waals surface area contributed by atoms with Crippen molar-refractivity contribution in [1.29, 1.82) is 0 Å². The van der Waals surface area contributed by atoms with Crippen molar-refractivity contribution < 1.29 is 18.3 Å². The summed E-state index contributed by atoms with van der Waals surface area (Å²) in [5, 5.41) is 14.6. The Bertz CT molecular complexity index is 667. The Morgan fingerprint density at radius 2 is 1.87 bits per heavy atom. The molecule has 0 bridgehead atoms. The largest absolute Gasteiger partial charge is 0.433 e. The van der Waals surface area contributed by atoms with Crippen LogP contribution in [0.1, 0.15) is 11.3 Å². The third-order valence-corrected chi connectivity index (χ3v) is 3.20. The summed E-state index contributed by atoms with van der Waals surface area (Å²) >= 11 is 6.00. The van der Waals surface area contributed by atoms with Crippen molar-refractivity contribution in [2.75, 3.05) is 23.8 Å². The van der Waals surface area contributed by atoms with Crippen LogP contribution in [0.5, 0.6) is 0 Å². The number of halogens is 4. The fourth-order valence-corrected chi connectivity index (χ4v) is 1.96.